The maximum atomic E-state index is 11.9. The monoisotopic (exact) mass is 359 g/mol. The van der Waals surface area contributed by atoms with Crippen molar-refractivity contribution < 1.29 is 19.1 Å². The van der Waals surface area contributed by atoms with Gasteiger partial charge in [-0.05, 0) is 55.5 Å². The number of rotatable bonds is 7. The van der Waals surface area contributed by atoms with Crippen LogP contribution >= 0.6 is 11.8 Å². The Morgan fingerprint density at radius 1 is 1.08 bits per heavy atom. The third-order valence-corrected chi connectivity index (χ3v) is 4.13. The van der Waals surface area contributed by atoms with Gasteiger partial charge >= 0.3 is 5.97 Å². The van der Waals surface area contributed by atoms with Gasteiger partial charge in [0.25, 0.3) is 5.91 Å². The van der Waals surface area contributed by atoms with Crippen LogP contribution in [0.1, 0.15) is 11.1 Å². The molecule has 0 aliphatic carbocycles. The van der Waals surface area contributed by atoms with Gasteiger partial charge in [-0.2, -0.15) is 0 Å². The van der Waals surface area contributed by atoms with Crippen LogP contribution in [0.4, 0.5) is 5.69 Å². The number of esters is 1. The number of hydrogen-bond acceptors (Lipinski definition) is 5. The van der Waals surface area contributed by atoms with E-state index in [1.54, 1.807) is 17.8 Å². The second-order valence-electron chi connectivity index (χ2n) is 5.50. The van der Waals surface area contributed by atoms with Crippen molar-refractivity contribution >= 4 is 29.3 Å². The minimum atomic E-state index is -0.589. The van der Waals surface area contributed by atoms with Crippen LogP contribution in [0.15, 0.2) is 47.4 Å². The smallest absolute Gasteiger partial charge is 0.344 e. The van der Waals surface area contributed by atoms with Crippen molar-refractivity contribution in [2.24, 2.45) is 0 Å². The summed E-state index contributed by atoms with van der Waals surface area (Å²) >= 11 is 1.58. The number of carbonyl (C=O) groups excluding carboxylic acids is 2. The summed E-state index contributed by atoms with van der Waals surface area (Å²) in [6, 6.07) is 13.2. The van der Waals surface area contributed by atoms with Gasteiger partial charge < -0.3 is 14.8 Å². The molecule has 1 amide bonds. The lowest BCUT2D eigenvalue weighted by molar-refractivity contribution is -0.149. The lowest BCUT2D eigenvalue weighted by Crippen LogP contribution is -2.23. The zero-order chi connectivity index (χ0) is 18.2. The minimum absolute atomic E-state index is 0.237. The molecule has 2 aromatic carbocycles. The third kappa shape index (κ3) is 6.15. The summed E-state index contributed by atoms with van der Waals surface area (Å²) in [7, 11) is 0. The van der Waals surface area contributed by atoms with Crippen molar-refractivity contribution in [1.29, 1.82) is 0 Å². The van der Waals surface area contributed by atoms with Gasteiger partial charge in [-0.25, -0.2) is 4.79 Å². The lowest BCUT2D eigenvalue weighted by Gasteiger charge is -2.10. The molecule has 0 unspecified atom stereocenters. The van der Waals surface area contributed by atoms with Crippen LogP contribution in [-0.2, 0) is 14.3 Å². The van der Waals surface area contributed by atoms with E-state index in [1.807, 2.05) is 56.5 Å². The molecule has 2 aromatic rings. The topological polar surface area (TPSA) is 64.6 Å². The average molecular weight is 359 g/mol. The number of aryl methyl sites for hydroxylation is 2. The second kappa shape index (κ2) is 9.13. The molecular weight excluding hydrogens is 338 g/mol. The lowest BCUT2D eigenvalue weighted by atomic mass is 10.1. The van der Waals surface area contributed by atoms with Crippen molar-refractivity contribution in [3.63, 3.8) is 0 Å². The molecule has 0 aromatic heterocycles. The quantitative estimate of drug-likeness (QED) is 0.605. The Morgan fingerprint density at radius 2 is 1.88 bits per heavy atom. The van der Waals surface area contributed by atoms with E-state index < -0.39 is 11.9 Å². The summed E-state index contributed by atoms with van der Waals surface area (Å²) in [6.07, 6.45) is 1.96. The molecular formula is C19H21NO4S. The average Bonchev–Trinajstić information content (AvgIpc) is 2.61. The molecule has 0 saturated carbocycles. The molecule has 6 heteroatoms. The Kier molecular flexibility index (Phi) is 6.89. The van der Waals surface area contributed by atoms with Gasteiger partial charge in [-0.15, -0.1) is 11.8 Å². The summed E-state index contributed by atoms with van der Waals surface area (Å²) in [5.41, 5.74) is 2.64. The number of amides is 1. The number of ether oxygens (including phenoxy) is 2. The zero-order valence-corrected chi connectivity index (χ0v) is 15.3. The van der Waals surface area contributed by atoms with E-state index in [2.05, 4.69) is 5.32 Å². The van der Waals surface area contributed by atoms with Crippen molar-refractivity contribution in [2.75, 3.05) is 24.8 Å². The SMILES string of the molecule is CSc1cccc(NC(=O)COC(=O)COc2cc(C)ccc2C)c1. The van der Waals surface area contributed by atoms with E-state index in [4.69, 9.17) is 9.47 Å². The van der Waals surface area contributed by atoms with Crippen LogP contribution in [0.5, 0.6) is 5.75 Å². The number of anilines is 1. The zero-order valence-electron chi connectivity index (χ0n) is 14.5. The maximum absolute atomic E-state index is 11.9. The summed E-state index contributed by atoms with van der Waals surface area (Å²) < 4.78 is 10.4. The molecule has 0 radical (unpaired) electrons. The molecule has 0 aliphatic rings. The third-order valence-electron chi connectivity index (χ3n) is 3.41. The summed E-state index contributed by atoms with van der Waals surface area (Å²) in [5, 5.41) is 2.69. The summed E-state index contributed by atoms with van der Waals surface area (Å²) in [5.74, 6) is -0.345. The van der Waals surface area contributed by atoms with Crippen molar-refractivity contribution in [3.05, 3.63) is 53.6 Å². The highest BCUT2D eigenvalue weighted by Crippen LogP contribution is 2.19. The van der Waals surface area contributed by atoms with Crippen LogP contribution in [0.25, 0.3) is 0 Å². The highest BCUT2D eigenvalue weighted by atomic mass is 32.2. The number of benzene rings is 2. The van der Waals surface area contributed by atoms with E-state index in [-0.39, 0.29) is 13.2 Å². The Bertz CT molecular complexity index is 761. The van der Waals surface area contributed by atoms with Crippen molar-refractivity contribution in [1.82, 2.24) is 0 Å². The Labute approximate surface area is 151 Å². The summed E-state index contributed by atoms with van der Waals surface area (Å²) in [6.45, 7) is 3.26. The Balaban J connectivity index is 1.77. The standard InChI is InChI=1S/C19H21NO4S/c1-13-7-8-14(2)17(9-13)23-12-19(22)24-11-18(21)20-15-5-4-6-16(10-15)25-3/h4-10H,11-12H2,1-3H3,(H,20,21). The van der Waals surface area contributed by atoms with Gasteiger partial charge in [-0.3, -0.25) is 4.79 Å². The second-order valence-corrected chi connectivity index (χ2v) is 6.38. The molecule has 25 heavy (non-hydrogen) atoms. The first-order valence-corrected chi connectivity index (χ1v) is 9.00. The van der Waals surface area contributed by atoms with Crippen LogP contribution in [-0.4, -0.2) is 31.3 Å². The predicted molar refractivity (Wildman–Crippen MR) is 99.2 cm³/mol. The van der Waals surface area contributed by atoms with E-state index >= 15 is 0 Å². The maximum Gasteiger partial charge on any atom is 0.344 e. The first-order valence-electron chi connectivity index (χ1n) is 7.77. The molecule has 0 spiro atoms. The van der Waals surface area contributed by atoms with E-state index in [9.17, 15) is 9.59 Å². The number of thioether (sulfide) groups is 1. The van der Waals surface area contributed by atoms with Gasteiger partial charge in [0.15, 0.2) is 13.2 Å². The van der Waals surface area contributed by atoms with Gasteiger partial charge in [0.2, 0.25) is 0 Å². The molecule has 2 rings (SSSR count). The predicted octanol–water partition coefficient (Wildman–Crippen LogP) is 3.59. The minimum Gasteiger partial charge on any atom is -0.482 e. The highest BCUT2D eigenvalue weighted by Gasteiger charge is 2.10. The number of carbonyl (C=O) groups is 2. The fourth-order valence-electron chi connectivity index (χ4n) is 2.09. The largest absolute Gasteiger partial charge is 0.482 e. The van der Waals surface area contributed by atoms with Crippen molar-refractivity contribution in [2.45, 2.75) is 18.7 Å². The fourth-order valence-corrected chi connectivity index (χ4v) is 2.54. The molecule has 0 saturated heterocycles. The molecule has 0 bridgehead atoms. The van der Waals surface area contributed by atoms with E-state index in [0.717, 1.165) is 16.0 Å². The number of hydrogen-bond donors (Lipinski definition) is 1. The molecule has 5 nitrogen and oxygen atoms in total. The normalized spacial score (nSPS) is 10.2. The molecule has 0 atom stereocenters. The molecule has 0 heterocycles. The Hall–Kier alpha value is -2.47. The van der Waals surface area contributed by atoms with Gasteiger partial charge in [0.05, 0.1) is 0 Å². The molecule has 132 valence electrons. The van der Waals surface area contributed by atoms with Crippen LogP contribution in [0, 0.1) is 13.8 Å². The number of nitrogens with one attached hydrogen (secondary N) is 1. The van der Waals surface area contributed by atoms with E-state index in [1.165, 1.54) is 0 Å². The molecule has 1 N–H and O–H groups in total. The first kappa shape index (κ1) is 18.9. The van der Waals surface area contributed by atoms with Crippen molar-refractivity contribution in [3.8, 4) is 5.75 Å². The van der Waals surface area contributed by atoms with Gasteiger partial charge in [0, 0.05) is 10.6 Å². The van der Waals surface area contributed by atoms with E-state index in [0.29, 0.717) is 11.4 Å². The highest BCUT2D eigenvalue weighted by molar-refractivity contribution is 7.98. The van der Waals surface area contributed by atoms with Crippen LogP contribution < -0.4 is 10.1 Å². The van der Waals surface area contributed by atoms with Crippen LogP contribution in [0.2, 0.25) is 0 Å². The van der Waals surface area contributed by atoms with Gasteiger partial charge in [-0.1, -0.05) is 18.2 Å². The molecule has 0 aliphatic heterocycles. The van der Waals surface area contributed by atoms with Crippen LogP contribution in [0.3, 0.4) is 0 Å². The Morgan fingerprint density at radius 3 is 2.64 bits per heavy atom. The molecule has 0 fully saturated rings. The first-order chi connectivity index (χ1) is 12.0. The van der Waals surface area contributed by atoms with Gasteiger partial charge in [0.1, 0.15) is 5.75 Å². The fraction of sp³-hybridized carbons (Fsp3) is 0.263. The summed E-state index contributed by atoms with van der Waals surface area (Å²) in [4.78, 5) is 24.6.